The number of nitrogens with two attached hydrogens (primary N) is 1. The Morgan fingerprint density at radius 3 is 2.38 bits per heavy atom. The topological polar surface area (TPSA) is 98.9 Å². The van der Waals surface area contributed by atoms with Crippen molar-refractivity contribution in [2.24, 2.45) is 17.1 Å². The lowest BCUT2D eigenvalue weighted by Crippen LogP contribution is -2.38. The lowest BCUT2D eigenvalue weighted by Gasteiger charge is -2.34. The number of rotatable bonds is 10. The Hall–Kier alpha value is -1.40. The maximum absolute atomic E-state index is 11.6. The largest absolute Gasteiger partial charge is 0.465 e. The first-order valence-electron chi connectivity index (χ1n) is 7.10. The van der Waals surface area contributed by atoms with E-state index in [9.17, 15) is 14.7 Å². The first-order chi connectivity index (χ1) is 9.78. The van der Waals surface area contributed by atoms with Crippen LogP contribution in [0.2, 0.25) is 0 Å². The molecule has 3 unspecified atom stereocenters. The van der Waals surface area contributed by atoms with E-state index in [0.29, 0.717) is 6.42 Å². The van der Waals surface area contributed by atoms with E-state index in [1.807, 2.05) is 13.8 Å². The zero-order valence-corrected chi connectivity index (χ0v) is 13.1. The van der Waals surface area contributed by atoms with Crippen LogP contribution in [0.15, 0.2) is 12.7 Å². The first kappa shape index (κ1) is 19.6. The number of carbonyl (C=O) groups excluding carboxylic acids is 2. The highest BCUT2D eigenvalue weighted by molar-refractivity contribution is 5.81. The van der Waals surface area contributed by atoms with Crippen LogP contribution >= 0.6 is 0 Å². The van der Waals surface area contributed by atoms with E-state index in [1.54, 1.807) is 6.92 Å². The van der Waals surface area contributed by atoms with E-state index < -0.39 is 17.4 Å². The average molecular weight is 301 g/mol. The fraction of sp³-hybridized carbons (Fsp3) is 0.733. The molecule has 0 fully saturated rings. The molecule has 0 aliphatic heterocycles. The molecule has 21 heavy (non-hydrogen) atoms. The molecule has 0 aromatic carbocycles. The molecule has 0 radical (unpaired) electrons. The fourth-order valence-corrected chi connectivity index (χ4v) is 1.74. The van der Waals surface area contributed by atoms with Gasteiger partial charge in [0.15, 0.2) is 0 Å². The molecule has 0 aliphatic carbocycles. The molecular weight excluding hydrogens is 274 g/mol. The van der Waals surface area contributed by atoms with Gasteiger partial charge in [0.1, 0.15) is 0 Å². The van der Waals surface area contributed by atoms with E-state index in [4.69, 9.17) is 15.2 Å². The van der Waals surface area contributed by atoms with Gasteiger partial charge in [-0.15, -0.1) is 0 Å². The Morgan fingerprint density at radius 1 is 1.38 bits per heavy atom. The Morgan fingerprint density at radius 2 is 1.95 bits per heavy atom. The molecule has 6 nitrogen and oxygen atoms in total. The van der Waals surface area contributed by atoms with Gasteiger partial charge in [0.05, 0.1) is 19.6 Å². The lowest BCUT2D eigenvalue weighted by atomic mass is 9.76. The predicted molar refractivity (Wildman–Crippen MR) is 79.4 cm³/mol. The van der Waals surface area contributed by atoms with Crippen LogP contribution in [0, 0.1) is 11.3 Å². The van der Waals surface area contributed by atoms with E-state index in [-0.39, 0.29) is 38.2 Å². The molecular formula is C15H27NO5. The molecule has 122 valence electrons. The summed E-state index contributed by atoms with van der Waals surface area (Å²) < 4.78 is 10.2. The van der Waals surface area contributed by atoms with Crippen molar-refractivity contribution >= 4 is 11.9 Å². The van der Waals surface area contributed by atoms with Gasteiger partial charge in [-0.2, -0.15) is 0 Å². The van der Waals surface area contributed by atoms with Gasteiger partial charge in [-0.25, -0.2) is 4.79 Å². The van der Waals surface area contributed by atoms with Crippen molar-refractivity contribution in [1.29, 1.82) is 0 Å². The summed E-state index contributed by atoms with van der Waals surface area (Å²) in [7, 11) is 0. The van der Waals surface area contributed by atoms with Gasteiger partial charge in [0.25, 0.3) is 0 Å². The molecule has 0 saturated carbocycles. The fourth-order valence-electron chi connectivity index (χ4n) is 1.74. The SMILES string of the molecule is C=CC(=O)OCC(COC(=O)CC(C)N)C(C)(CC)CO. The molecule has 0 bridgehead atoms. The molecule has 0 heterocycles. The second-order valence-electron chi connectivity index (χ2n) is 5.56. The van der Waals surface area contributed by atoms with E-state index in [2.05, 4.69) is 6.58 Å². The summed E-state index contributed by atoms with van der Waals surface area (Å²) in [5, 5.41) is 9.57. The summed E-state index contributed by atoms with van der Waals surface area (Å²) in [5.74, 6) is -1.24. The van der Waals surface area contributed by atoms with E-state index >= 15 is 0 Å². The van der Waals surface area contributed by atoms with Gasteiger partial charge in [-0.1, -0.05) is 20.4 Å². The van der Waals surface area contributed by atoms with Crippen molar-refractivity contribution in [2.45, 2.75) is 39.7 Å². The standard InChI is InChI=1S/C15H27NO5/c1-5-13(18)20-8-12(15(4,6-2)10-17)9-21-14(19)7-11(3)16/h5,11-12,17H,1,6-10,16H2,2-4H3. The summed E-state index contributed by atoms with van der Waals surface area (Å²) in [6.45, 7) is 8.85. The molecule has 0 aromatic heterocycles. The van der Waals surface area contributed by atoms with Gasteiger partial charge in [-0.05, 0) is 18.8 Å². The van der Waals surface area contributed by atoms with Crippen molar-refractivity contribution in [2.75, 3.05) is 19.8 Å². The number of ether oxygens (including phenoxy) is 2. The molecule has 0 spiro atoms. The molecule has 0 saturated heterocycles. The molecule has 0 amide bonds. The minimum absolute atomic E-state index is 0.0568. The summed E-state index contributed by atoms with van der Waals surface area (Å²) in [6, 6.07) is -0.273. The van der Waals surface area contributed by atoms with E-state index in [0.717, 1.165) is 6.08 Å². The van der Waals surface area contributed by atoms with E-state index in [1.165, 1.54) is 0 Å². The van der Waals surface area contributed by atoms with Crippen LogP contribution in [0.5, 0.6) is 0 Å². The van der Waals surface area contributed by atoms with Crippen LogP contribution in [0.3, 0.4) is 0 Å². The summed E-state index contributed by atoms with van der Waals surface area (Å²) >= 11 is 0. The highest BCUT2D eigenvalue weighted by atomic mass is 16.5. The Kier molecular flexibility index (Phi) is 8.89. The van der Waals surface area contributed by atoms with Gasteiger partial charge in [0, 0.05) is 24.6 Å². The van der Waals surface area contributed by atoms with Gasteiger partial charge >= 0.3 is 11.9 Å². The number of aliphatic hydroxyl groups excluding tert-OH is 1. The number of hydrogen-bond acceptors (Lipinski definition) is 6. The Bertz CT molecular complexity index is 350. The van der Waals surface area contributed by atoms with Crippen molar-refractivity contribution in [3.8, 4) is 0 Å². The summed E-state index contributed by atoms with van der Waals surface area (Å²) in [4.78, 5) is 22.7. The zero-order valence-electron chi connectivity index (χ0n) is 13.1. The highest BCUT2D eigenvalue weighted by Crippen LogP contribution is 2.31. The maximum Gasteiger partial charge on any atom is 0.330 e. The van der Waals surface area contributed by atoms with Gasteiger partial charge < -0.3 is 20.3 Å². The van der Waals surface area contributed by atoms with Crippen LogP contribution < -0.4 is 5.73 Å². The average Bonchev–Trinajstić information content (AvgIpc) is 2.45. The minimum atomic E-state index is -0.543. The van der Waals surface area contributed by atoms with Crippen LogP contribution in [-0.4, -0.2) is 42.9 Å². The van der Waals surface area contributed by atoms with Crippen LogP contribution in [0.1, 0.15) is 33.6 Å². The van der Waals surface area contributed by atoms with Crippen molar-refractivity contribution < 1.29 is 24.2 Å². The lowest BCUT2D eigenvalue weighted by molar-refractivity contribution is -0.151. The maximum atomic E-state index is 11.6. The normalized spacial score (nSPS) is 16.4. The highest BCUT2D eigenvalue weighted by Gasteiger charge is 2.34. The Labute approximate surface area is 126 Å². The summed E-state index contributed by atoms with van der Waals surface area (Å²) in [6.07, 6.45) is 1.85. The zero-order chi connectivity index (χ0) is 16.5. The molecule has 0 rings (SSSR count). The molecule has 3 N–H and O–H groups in total. The smallest absolute Gasteiger partial charge is 0.330 e. The third-order valence-corrected chi connectivity index (χ3v) is 3.68. The molecule has 6 heteroatoms. The number of hydrogen-bond donors (Lipinski definition) is 2. The third-order valence-electron chi connectivity index (χ3n) is 3.68. The second-order valence-corrected chi connectivity index (χ2v) is 5.56. The van der Waals surface area contributed by atoms with Crippen molar-refractivity contribution in [3.05, 3.63) is 12.7 Å². The molecule has 0 aromatic rings. The molecule has 3 atom stereocenters. The summed E-state index contributed by atoms with van der Waals surface area (Å²) in [5.41, 5.74) is 5.03. The monoisotopic (exact) mass is 301 g/mol. The van der Waals surface area contributed by atoms with Crippen LogP contribution in [-0.2, 0) is 19.1 Å². The predicted octanol–water partition coefficient (Wildman–Crippen LogP) is 1.02. The quantitative estimate of drug-likeness (QED) is 0.462. The third kappa shape index (κ3) is 7.24. The second kappa shape index (κ2) is 9.52. The van der Waals surface area contributed by atoms with Crippen LogP contribution in [0.25, 0.3) is 0 Å². The first-order valence-corrected chi connectivity index (χ1v) is 7.10. The van der Waals surface area contributed by atoms with Crippen molar-refractivity contribution in [3.63, 3.8) is 0 Å². The minimum Gasteiger partial charge on any atom is -0.465 e. The Balaban J connectivity index is 4.68. The van der Waals surface area contributed by atoms with Crippen molar-refractivity contribution in [1.82, 2.24) is 0 Å². The number of carbonyl (C=O) groups is 2. The number of aliphatic hydroxyl groups is 1. The van der Waals surface area contributed by atoms with Crippen LogP contribution in [0.4, 0.5) is 0 Å². The molecule has 0 aliphatic rings. The van der Waals surface area contributed by atoms with Gasteiger partial charge in [-0.3, -0.25) is 4.79 Å². The number of esters is 2. The van der Waals surface area contributed by atoms with Gasteiger partial charge in [0.2, 0.25) is 0 Å².